The average molecular weight is 284 g/mol. The van der Waals surface area contributed by atoms with Crippen LogP contribution in [-0.2, 0) is 6.54 Å². The molecule has 0 heterocycles. The Labute approximate surface area is 115 Å². The third-order valence-electron chi connectivity index (χ3n) is 2.30. The van der Waals surface area contributed by atoms with Gasteiger partial charge in [0.15, 0.2) is 0 Å². The second kappa shape index (κ2) is 5.78. The molecule has 2 aromatic carbocycles. The van der Waals surface area contributed by atoms with Gasteiger partial charge in [-0.2, -0.15) is 0 Å². The van der Waals surface area contributed by atoms with Gasteiger partial charge >= 0.3 is 0 Å². The van der Waals surface area contributed by atoms with Crippen molar-refractivity contribution in [1.82, 2.24) is 0 Å². The van der Waals surface area contributed by atoms with Crippen LogP contribution in [0, 0.1) is 0 Å². The second-order valence-corrected chi connectivity index (χ2v) is 5.44. The smallest absolute Gasteiger partial charge is 0.0462 e. The summed E-state index contributed by atoms with van der Waals surface area (Å²) in [7, 11) is 0. The fourth-order valence-corrected chi connectivity index (χ4v) is 3.10. The standard InChI is InChI=1S/C13H11Cl2NS/c14-9-3-1-4-10(7-9)17-13-6-2-5-12(15)11(13)8-16/h1-7H,8,16H2. The second-order valence-electron chi connectivity index (χ2n) is 3.48. The van der Waals surface area contributed by atoms with Crippen molar-refractivity contribution < 1.29 is 0 Å². The molecular weight excluding hydrogens is 273 g/mol. The van der Waals surface area contributed by atoms with Crippen molar-refractivity contribution in [3.63, 3.8) is 0 Å². The zero-order valence-corrected chi connectivity index (χ0v) is 11.3. The molecule has 0 saturated heterocycles. The molecule has 0 aliphatic rings. The first-order valence-corrected chi connectivity index (χ1v) is 6.69. The molecule has 0 unspecified atom stereocenters. The van der Waals surface area contributed by atoms with Crippen LogP contribution >= 0.6 is 35.0 Å². The summed E-state index contributed by atoms with van der Waals surface area (Å²) in [4.78, 5) is 2.15. The Morgan fingerprint density at radius 2 is 1.82 bits per heavy atom. The van der Waals surface area contributed by atoms with Crippen LogP contribution in [0.5, 0.6) is 0 Å². The lowest BCUT2D eigenvalue weighted by atomic mass is 10.2. The first-order valence-electron chi connectivity index (χ1n) is 5.11. The molecule has 1 nitrogen and oxygen atoms in total. The molecule has 17 heavy (non-hydrogen) atoms. The van der Waals surface area contributed by atoms with E-state index in [-0.39, 0.29) is 0 Å². The summed E-state index contributed by atoms with van der Waals surface area (Å²) in [5, 5.41) is 1.44. The van der Waals surface area contributed by atoms with E-state index in [1.54, 1.807) is 11.8 Å². The minimum Gasteiger partial charge on any atom is -0.326 e. The third kappa shape index (κ3) is 3.17. The van der Waals surface area contributed by atoms with Gasteiger partial charge < -0.3 is 5.73 Å². The fourth-order valence-electron chi connectivity index (χ4n) is 1.49. The van der Waals surface area contributed by atoms with Gasteiger partial charge in [-0.3, -0.25) is 0 Å². The Balaban J connectivity index is 2.33. The van der Waals surface area contributed by atoms with Crippen LogP contribution in [0.2, 0.25) is 10.0 Å². The van der Waals surface area contributed by atoms with E-state index in [1.165, 1.54) is 0 Å². The maximum Gasteiger partial charge on any atom is 0.0462 e. The van der Waals surface area contributed by atoms with Crippen LogP contribution in [0.4, 0.5) is 0 Å². The molecule has 0 fully saturated rings. The molecule has 0 bridgehead atoms. The zero-order chi connectivity index (χ0) is 12.3. The van der Waals surface area contributed by atoms with Crippen molar-refractivity contribution in [1.29, 1.82) is 0 Å². The minimum atomic E-state index is 0.433. The van der Waals surface area contributed by atoms with Crippen LogP contribution < -0.4 is 5.73 Å². The van der Waals surface area contributed by atoms with Gasteiger partial charge in [0.05, 0.1) is 0 Å². The summed E-state index contributed by atoms with van der Waals surface area (Å²) in [5.41, 5.74) is 6.68. The monoisotopic (exact) mass is 283 g/mol. The highest BCUT2D eigenvalue weighted by atomic mass is 35.5. The topological polar surface area (TPSA) is 26.0 Å². The Bertz CT molecular complexity index is 529. The number of hydrogen-bond donors (Lipinski definition) is 1. The number of benzene rings is 2. The molecule has 0 saturated carbocycles. The van der Waals surface area contributed by atoms with E-state index in [9.17, 15) is 0 Å². The lowest BCUT2D eigenvalue weighted by Crippen LogP contribution is -1.99. The minimum absolute atomic E-state index is 0.433. The summed E-state index contributed by atoms with van der Waals surface area (Å²) >= 11 is 13.7. The van der Waals surface area contributed by atoms with Crippen LogP contribution in [-0.4, -0.2) is 0 Å². The van der Waals surface area contributed by atoms with Crippen molar-refractivity contribution in [2.45, 2.75) is 16.3 Å². The van der Waals surface area contributed by atoms with E-state index >= 15 is 0 Å². The Hall–Kier alpha value is -0.670. The maximum absolute atomic E-state index is 6.11. The number of hydrogen-bond acceptors (Lipinski definition) is 2. The van der Waals surface area contributed by atoms with Crippen molar-refractivity contribution >= 4 is 35.0 Å². The Morgan fingerprint density at radius 1 is 1.06 bits per heavy atom. The summed E-state index contributed by atoms with van der Waals surface area (Å²) in [6.07, 6.45) is 0. The number of nitrogens with two attached hydrogens (primary N) is 1. The van der Waals surface area contributed by atoms with E-state index in [2.05, 4.69) is 0 Å². The predicted molar refractivity (Wildman–Crippen MR) is 74.9 cm³/mol. The van der Waals surface area contributed by atoms with E-state index in [0.29, 0.717) is 11.6 Å². The van der Waals surface area contributed by atoms with E-state index in [1.807, 2.05) is 42.5 Å². The van der Waals surface area contributed by atoms with E-state index in [4.69, 9.17) is 28.9 Å². The highest BCUT2D eigenvalue weighted by Gasteiger charge is 2.07. The molecular formula is C13H11Cl2NS. The molecule has 88 valence electrons. The van der Waals surface area contributed by atoms with Gasteiger partial charge in [0.25, 0.3) is 0 Å². The first kappa shape index (κ1) is 12.8. The average Bonchev–Trinajstić information content (AvgIpc) is 2.29. The molecule has 0 amide bonds. The van der Waals surface area contributed by atoms with Gasteiger partial charge in [0.2, 0.25) is 0 Å². The summed E-state index contributed by atoms with van der Waals surface area (Å²) in [5.74, 6) is 0. The van der Waals surface area contributed by atoms with Crippen LogP contribution in [0.25, 0.3) is 0 Å². The van der Waals surface area contributed by atoms with Crippen LogP contribution in [0.15, 0.2) is 52.3 Å². The molecule has 0 aliphatic heterocycles. The van der Waals surface area contributed by atoms with Crippen LogP contribution in [0.1, 0.15) is 5.56 Å². The van der Waals surface area contributed by atoms with Gasteiger partial charge in [-0.05, 0) is 35.9 Å². The quantitative estimate of drug-likeness (QED) is 0.891. The first-order chi connectivity index (χ1) is 8.20. The molecule has 0 aromatic heterocycles. The molecule has 2 N–H and O–H groups in total. The lowest BCUT2D eigenvalue weighted by molar-refractivity contribution is 1.03. The molecule has 0 aliphatic carbocycles. The van der Waals surface area contributed by atoms with E-state index < -0.39 is 0 Å². The zero-order valence-electron chi connectivity index (χ0n) is 8.99. The van der Waals surface area contributed by atoms with Crippen molar-refractivity contribution in [3.05, 3.63) is 58.1 Å². The van der Waals surface area contributed by atoms with Crippen molar-refractivity contribution in [3.8, 4) is 0 Å². The third-order valence-corrected chi connectivity index (χ3v) is 3.99. The maximum atomic E-state index is 6.11. The summed E-state index contributed by atoms with van der Waals surface area (Å²) in [6, 6.07) is 13.5. The highest BCUT2D eigenvalue weighted by Crippen LogP contribution is 2.34. The van der Waals surface area contributed by atoms with Crippen LogP contribution in [0.3, 0.4) is 0 Å². The predicted octanol–water partition coefficient (Wildman–Crippen LogP) is 4.60. The summed E-state index contributed by atoms with van der Waals surface area (Å²) in [6.45, 7) is 0.433. The molecule has 2 aromatic rings. The van der Waals surface area contributed by atoms with Gasteiger partial charge in [-0.25, -0.2) is 0 Å². The van der Waals surface area contributed by atoms with Gasteiger partial charge in [0, 0.05) is 26.4 Å². The highest BCUT2D eigenvalue weighted by molar-refractivity contribution is 7.99. The SMILES string of the molecule is NCc1c(Cl)cccc1Sc1cccc(Cl)c1. The molecule has 4 heteroatoms. The largest absolute Gasteiger partial charge is 0.326 e. The van der Waals surface area contributed by atoms with Gasteiger partial charge in [0.1, 0.15) is 0 Å². The van der Waals surface area contributed by atoms with E-state index in [0.717, 1.165) is 20.4 Å². The van der Waals surface area contributed by atoms with Crippen molar-refractivity contribution in [2.24, 2.45) is 5.73 Å². The Morgan fingerprint density at radius 3 is 2.53 bits per heavy atom. The Kier molecular flexibility index (Phi) is 4.35. The normalized spacial score (nSPS) is 10.5. The van der Waals surface area contributed by atoms with Gasteiger partial charge in [-0.1, -0.05) is 47.1 Å². The number of rotatable bonds is 3. The summed E-state index contributed by atoms with van der Waals surface area (Å²) < 4.78 is 0. The van der Waals surface area contributed by atoms with Crippen molar-refractivity contribution in [2.75, 3.05) is 0 Å². The molecule has 0 atom stereocenters. The van der Waals surface area contributed by atoms with Gasteiger partial charge in [-0.15, -0.1) is 0 Å². The molecule has 0 radical (unpaired) electrons. The number of halogens is 2. The lowest BCUT2D eigenvalue weighted by Gasteiger charge is -2.09. The molecule has 2 rings (SSSR count). The fraction of sp³-hybridized carbons (Fsp3) is 0.0769. The molecule has 0 spiro atoms.